The first-order valence-corrected chi connectivity index (χ1v) is 5.88. The first kappa shape index (κ1) is 12.3. The van der Waals surface area contributed by atoms with Crippen molar-refractivity contribution in [3.63, 3.8) is 0 Å². The minimum absolute atomic E-state index is 0.190. The van der Waals surface area contributed by atoms with E-state index in [2.05, 4.69) is 4.98 Å². The number of methoxy groups -OCH3 is 1. The molecule has 0 unspecified atom stereocenters. The smallest absolute Gasteiger partial charge is 0.336 e. The predicted octanol–water partition coefficient (Wildman–Crippen LogP) is 1.66. The maximum Gasteiger partial charge on any atom is 0.336 e. The van der Waals surface area contributed by atoms with Crippen molar-refractivity contribution in [2.45, 2.75) is 6.92 Å². The van der Waals surface area contributed by atoms with E-state index in [1.807, 2.05) is 0 Å². The van der Waals surface area contributed by atoms with Crippen molar-refractivity contribution in [1.82, 2.24) is 4.98 Å². The van der Waals surface area contributed by atoms with E-state index in [-0.39, 0.29) is 5.75 Å². The fraction of sp³-hybridized carbons (Fsp3) is 0.143. The van der Waals surface area contributed by atoms with Crippen molar-refractivity contribution in [3.05, 3.63) is 44.5 Å². The van der Waals surface area contributed by atoms with Crippen molar-refractivity contribution >= 4 is 21.9 Å². The summed E-state index contributed by atoms with van der Waals surface area (Å²) in [6.45, 7) is 1.73. The molecule has 3 rings (SSSR count). The Morgan fingerprint density at radius 1 is 1.20 bits per heavy atom. The van der Waals surface area contributed by atoms with Crippen molar-refractivity contribution in [2.75, 3.05) is 7.11 Å². The maximum absolute atomic E-state index is 11.5. The van der Waals surface area contributed by atoms with Gasteiger partial charge in [-0.3, -0.25) is 4.79 Å². The van der Waals surface area contributed by atoms with Crippen LogP contribution < -0.4 is 15.9 Å². The Balaban J connectivity index is 2.71. The Bertz CT molecular complexity index is 952. The number of aromatic nitrogens is 1. The van der Waals surface area contributed by atoms with E-state index in [9.17, 15) is 14.7 Å². The number of hydrogen-bond donors (Lipinski definition) is 2. The van der Waals surface area contributed by atoms with Gasteiger partial charge in [-0.1, -0.05) is 0 Å². The lowest BCUT2D eigenvalue weighted by atomic mass is 10.0. The van der Waals surface area contributed by atoms with Gasteiger partial charge in [-0.05, 0) is 12.5 Å². The quantitative estimate of drug-likeness (QED) is 0.519. The third-order valence-electron chi connectivity index (χ3n) is 3.19. The zero-order chi connectivity index (χ0) is 14.4. The molecule has 0 spiro atoms. The molecule has 2 heterocycles. The molecule has 6 nitrogen and oxygen atoms in total. The van der Waals surface area contributed by atoms with Gasteiger partial charge in [-0.2, -0.15) is 0 Å². The summed E-state index contributed by atoms with van der Waals surface area (Å²) in [7, 11) is 1.43. The summed E-state index contributed by atoms with van der Waals surface area (Å²) in [5.41, 5.74) is 0.373. The number of nitrogens with one attached hydrogen (secondary N) is 1. The van der Waals surface area contributed by atoms with E-state index in [0.29, 0.717) is 33.2 Å². The van der Waals surface area contributed by atoms with Crippen LogP contribution in [0.15, 0.2) is 32.2 Å². The minimum Gasteiger partial charge on any atom is -0.507 e. The summed E-state index contributed by atoms with van der Waals surface area (Å²) in [6.07, 6.45) is 0. The molecule has 0 bridgehead atoms. The molecule has 0 aliphatic rings. The second-order valence-corrected chi connectivity index (χ2v) is 4.47. The van der Waals surface area contributed by atoms with Crippen LogP contribution in [0.5, 0.6) is 11.5 Å². The van der Waals surface area contributed by atoms with Gasteiger partial charge in [-0.15, -0.1) is 0 Å². The fourth-order valence-electron chi connectivity index (χ4n) is 2.39. The normalized spacial score (nSPS) is 11.1. The van der Waals surface area contributed by atoms with E-state index >= 15 is 0 Å². The van der Waals surface area contributed by atoms with Crippen LogP contribution in [0.3, 0.4) is 0 Å². The summed E-state index contributed by atoms with van der Waals surface area (Å²) < 4.78 is 10.3. The van der Waals surface area contributed by atoms with Crippen LogP contribution in [-0.4, -0.2) is 17.2 Å². The number of hydrogen-bond acceptors (Lipinski definition) is 5. The topological polar surface area (TPSA) is 92.5 Å². The number of pyridine rings is 1. The number of aromatic hydroxyl groups is 1. The number of ether oxygens (including phenoxy) is 1. The largest absolute Gasteiger partial charge is 0.507 e. The van der Waals surface area contributed by atoms with Crippen LogP contribution in [0, 0.1) is 6.92 Å². The monoisotopic (exact) mass is 273 g/mol. The lowest BCUT2D eigenvalue weighted by Crippen LogP contribution is -2.06. The Labute approximate surface area is 112 Å². The van der Waals surface area contributed by atoms with Gasteiger partial charge in [0.25, 0.3) is 5.56 Å². The molecular formula is C14H11NO5. The molecule has 0 saturated carbocycles. The lowest BCUT2D eigenvalue weighted by Gasteiger charge is -2.10. The molecule has 2 N–H and O–H groups in total. The van der Waals surface area contributed by atoms with Gasteiger partial charge < -0.3 is 19.2 Å². The van der Waals surface area contributed by atoms with E-state index < -0.39 is 11.2 Å². The summed E-state index contributed by atoms with van der Waals surface area (Å²) >= 11 is 0. The SMILES string of the molecule is COc1cc2oc(=O)cc(C)c2c2c(O)cc(=O)[nH]c12. The molecule has 0 aliphatic carbocycles. The molecule has 3 aromatic rings. The van der Waals surface area contributed by atoms with Crippen molar-refractivity contribution in [3.8, 4) is 11.5 Å². The number of aryl methyl sites for hydroxylation is 1. The zero-order valence-electron chi connectivity index (χ0n) is 10.8. The maximum atomic E-state index is 11.5. The van der Waals surface area contributed by atoms with E-state index in [4.69, 9.17) is 9.15 Å². The van der Waals surface area contributed by atoms with Gasteiger partial charge in [-0.25, -0.2) is 4.79 Å². The number of rotatable bonds is 1. The number of aromatic amines is 1. The van der Waals surface area contributed by atoms with Crippen molar-refractivity contribution in [2.24, 2.45) is 0 Å². The van der Waals surface area contributed by atoms with E-state index in [0.717, 1.165) is 6.07 Å². The van der Waals surface area contributed by atoms with Gasteiger partial charge in [0, 0.05) is 23.6 Å². The summed E-state index contributed by atoms with van der Waals surface area (Å²) in [6, 6.07) is 3.92. The van der Waals surface area contributed by atoms with E-state index in [1.54, 1.807) is 6.92 Å². The van der Waals surface area contributed by atoms with Crippen LogP contribution >= 0.6 is 0 Å². The molecule has 2 aromatic heterocycles. The van der Waals surface area contributed by atoms with Crippen LogP contribution in [0.1, 0.15) is 5.56 Å². The van der Waals surface area contributed by atoms with E-state index in [1.165, 1.54) is 19.2 Å². The molecule has 20 heavy (non-hydrogen) atoms. The molecule has 0 radical (unpaired) electrons. The Kier molecular flexibility index (Phi) is 2.53. The van der Waals surface area contributed by atoms with Crippen LogP contribution in [-0.2, 0) is 0 Å². The van der Waals surface area contributed by atoms with Gasteiger partial charge in [0.05, 0.1) is 18.0 Å². The van der Waals surface area contributed by atoms with Crippen molar-refractivity contribution < 1.29 is 14.3 Å². The third kappa shape index (κ3) is 1.65. The van der Waals surface area contributed by atoms with Gasteiger partial charge in [0.15, 0.2) is 0 Å². The lowest BCUT2D eigenvalue weighted by molar-refractivity contribution is 0.417. The molecule has 102 valence electrons. The van der Waals surface area contributed by atoms with Gasteiger partial charge in [0.2, 0.25) is 0 Å². The number of H-pyrrole nitrogens is 1. The molecule has 0 fully saturated rings. The standard InChI is InChI=1S/C14H11NO5/c1-6-3-11(18)20-8-5-9(19-2)14-13(12(6)8)7(16)4-10(17)15-14/h3-5H,1-2H3,(H2,15,16,17). The predicted molar refractivity (Wildman–Crippen MR) is 73.6 cm³/mol. The molecule has 0 aliphatic heterocycles. The highest BCUT2D eigenvalue weighted by molar-refractivity contribution is 6.11. The average molecular weight is 273 g/mol. The molecule has 0 saturated heterocycles. The molecule has 1 aromatic carbocycles. The molecule has 0 atom stereocenters. The van der Waals surface area contributed by atoms with Crippen LogP contribution in [0.25, 0.3) is 21.9 Å². The van der Waals surface area contributed by atoms with Crippen LogP contribution in [0.4, 0.5) is 0 Å². The highest BCUT2D eigenvalue weighted by Crippen LogP contribution is 2.36. The Morgan fingerprint density at radius 3 is 2.65 bits per heavy atom. The Hall–Kier alpha value is -2.76. The Morgan fingerprint density at radius 2 is 1.95 bits per heavy atom. The number of benzene rings is 1. The minimum atomic E-state index is -0.486. The highest BCUT2D eigenvalue weighted by Gasteiger charge is 2.16. The molecule has 6 heteroatoms. The van der Waals surface area contributed by atoms with Crippen LogP contribution in [0.2, 0.25) is 0 Å². The molecule has 0 amide bonds. The second kappa shape index (κ2) is 4.12. The van der Waals surface area contributed by atoms with Gasteiger partial charge >= 0.3 is 5.63 Å². The number of fused-ring (bicyclic) bond motifs is 3. The second-order valence-electron chi connectivity index (χ2n) is 4.47. The third-order valence-corrected chi connectivity index (χ3v) is 3.19. The first-order chi connectivity index (χ1) is 9.51. The molecular weight excluding hydrogens is 262 g/mol. The van der Waals surface area contributed by atoms with Gasteiger partial charge in [0.1, 0.15) is 17.1 Å². The highest BCUT2D eigenvalue weighted by atomic mass is 16.5. The summed E-state index contributed by atoms with van der Waals surface area (Å²) in [5.74, 6) is 0.124. The van der Waals surface area contributed by atoms with Crippen molar-refractivity contribution in [1.29, 1.82) is 0 Å². The first-order valence-electron chi connectivity index (χ1n) is 5.88. The summed E-state index contributed by atoms with van der Waals surface area (Å²) in [5, 5.41) is 11.0. The summed E-state index contributed by atoms with van der Waals surface area (Å²) in [4.78, 5) is 25.6. The fourth-order valence-corrected chi connectivity index (χ4v) is 2.39. The zero-order valence-corrected chi connectivity index (χ0v) is 10.8. The average Bonchev–Trinajstić information content (AvgIpc) is 2.37.